The third-order valence-electron chi connectivity index (χ3n) is 1.74. The molecule has 78 valence electrons. The predicted octanol–water partition coefficient (Wildman–Crippen LogP) is -1.22. The SMILES string of the molecule is CCOC(=O)c1cnc2nc([S-])sc2c1.[K+]. The molecule has 0 spiro atoms. The van der Waals surface area contributed by atoms with E-state index in [0.29, 0.717) is 22.2 Å². The summed E-state index contributed by atoms with van der Waals surface area (Å²) < 4.78 is 6.20. The Morgan fingerprint density at radius 3 is 3.06 bits per heavy atom. The summed E-state index contributed by atoms with van der Waals surface area (Å²) in [5.74, 6) is -0.369. The first-order valence-electron chi connectivity index (χ1n) is 4.31. The number of carbonyl (C=O) groups is 1. The Balaban J connectivity index is 0.00000128. The molecule has 7 heteroatoms. The third kappa shape index (κ3) is 3.19. The van der Waals surface area contributed by atoms with Crippen LogP contribution in [0.15, 0.2) is 16.6 Å². The average molecular weight is 278 g/mol. The number of hydrogen-bond donors (Lipinski definition) is 0. The number of nitrogens with zero attached hydrogens (tertiary/aromatic N) is 2. The van der Waals surface area contributed by atoms with Crippen LogP contribution in [-0.4, -0.2) is 22.5 Å². The van der Waals surface area contributed by atoms with Gasteiger partial charge in [-0.15, -0.1) is 0 Å². The minimum Gasteiger partial charge on any atom is -0.462 e. The van der Waals surface area contributed by atoms with Gasteiger partial charge in [0.1, 0.15) is 5.65 Å². The molecule has 0 unspecified atom stereocenters. The minimum absolute atomic E-state index is 0. The first-order chi connectivity index (χ1) is 7.20. The molecule has 16 heavy (non-hydrogen) atoms. The maximum atomic E-state index is 11.4. The van der Waals surface area contributed by atoms with Crippen molar-refractivity contribution in [3.8, 4) is 0 Å². The second-order valence-corrected chi connectivity index (χ2v) is 4.42. The third-order valence-corrected chi connectivity index (χ3v) is 2.87. The predicted molar refractivity (Wildman–Crippen MR) is 59.0 cm³/mol. The number of aromatic nitrogens is 2. The topological polar surface area (TPSA) is 52.1 Å². The summed E-state index contributed by atoms with van der Waals surface area (Å²) in [4.78, 5) is 19.5. The van der Waals surface area contributed by atoms with E-state index in [2.05, 4.69) is 9.97 Å². The van der Waals surface area contributed by atoms with Crippen LogP contribution in [0.5, 0.6) is 0 Å². The normalized spacial score (nSPS) is 9.81. The molecule has 0 saturated heterocycles. The van der Waals surface area contributed by atoms with E-state index in [-0.39, 0.29) is 57.4 Å². The van der Waals surface area contributed by atoms with E-state index in [1.807, 2.05) is 0 Å². The van der Waals surface area contributed by atoms with Gasteiger partial charge in [0.15, 0.2) is 0 Å². The van der Waals surface area contributed by atoms with Crippen LogP contribution in [0, 0.1) is 0 Å². The van der Waals surface area contributed by atoms with Crippen molar-refractivity contribution in [2.75, 3.05) is 6.61 Å². The maximum absolute atomic E-state index is 11.4. The molecule has 0 N–H and O–H groups in total. The first kappa shape index (κ1) is 14.4. The molecule has 0 saturated carbocycles. The van der Waals surface area contributed by atoms with Gasteiger partial charge in [-0.05, 0) is 22.0 Å². The minimum atomic E-state index is -0.369. The zero-order valence-corrected chi connectivity index (χ0v) is 13.6. The summed E-state index contributed by atoms with van der Waals surface area (Å²) in [7, 11) is 0. The van der Waals surface area contributed by atoms with Crippen molar-refractivity contribution in [2.24, 2.45) is 0 Å². The summed E-state index contributed by atoms with van der Waals surface area (Å²) in [6, 6.07) is 1.70. The first-order valence-corrected chi connectivity index (χ1v) is 5.54. The van der Waals surface area contributed by atoms with Crippen LogP contribution in [0.3, 0.4) is 0 Å². The molecule has 0 aromatic carbocycles. The number of hydrogen-bond acceptors (Lipinski definition) is 6. The van der Waals surface area contributed by atoms with Crippen LogP contribution in [0.1, 0.15) is 17.3 Å². The fourth-order valence-electron chi connectivity index (χ4n) is 1.13. The van der Waals surface area contributed by atoms with E-state index in [1.54, 1.807) is 13.0 Å². The molecule has 0 aliphatic carbocycles. The van der Waals surface area contributed by atoms with Gasteiger partial charge in [-0.2, -0.15) is 0 Å². The smallest absolute Gasteiger partial charge is 0.462 e. The van der Waals surface area contributed by atoms with E-state index in [4.69, 9.17) is 17.4 Å². The van der Waals surface area contributed by atoms with E-state index in [1.165, 1.54) is 17.5 Å². The Kier molecular flexibility index (Phi) is 5.72. The zero-order valence-electron chi connectivity index (χ0n) is 8.89. The van der Waals surface area contributed by atoms with Crippen molar-refractivity contribution >= 4 is 40.3 Å². The second kappa shape index (κ2) is 6.34. The molecule has 2 rings (SSSR count). The number of pyridine rings is 1. The van der Waals surface area contributed by atoms with Crippen molar-refractivity contribution in [2.45, 2.75) is 11.3 Å². The van der Waals surface area contributed by atoms with Gasteiger partial charge in [-0.1, -0.05) is 0 Å². The van der Waals surface area contributed by atoms with Gasteiger partial charge in [0.05, 0.1) is 12.2 Å². The number of carbonyl (C=O) groups excluding carboxylic acids is 1. The van der Waals surface area contributed by atoms with Gasteiger partial charge in [-0.25, -0.2) is 14.8 Å². The average Bonchev–Trinajstić information content (AvgIpc) is 2.57. The van der Waals surface area contributed by atoms with Crippen molar-refractivity contribution in [1.82, 2.24) is 9.97 Å². The fraction of sp³-hybridized carbons (Fsp3) is 0.222. The molecule has 2 aromatic heterocycles. The van der Waals surface area contributed by atoms with Gasteiger partial charge in [0.25, 0.3) is 0 Å². The molecule has 0 fully saturated rings. The second-order valence-electron chi connectivity index (χ2n) is 2.75. The maximum Gasteiger partial charge on any atom is 1.00 e. The number of thiazole rings is 1. The molecule has 0 bridgehead atoms. The number of fused-ring (bicyclic) bond motifs is 1. The quantitative estimate of drug-likeness (QED) is 0.391. The Labute approximate surface area is 145 Å². The van der Waals surface area contributed by atoms with Gasteiger partial charge < -0.3 is 28.7 Å². The Morgan fingerprint density at radius 1 is 1.62 bits per heavy atom. The van der Waals surface area contributed by atoms with Crippen LogP contribution in [0.2, 0.25) is 0 Å². The molecule has 0 aliphatic heterocycles. The molecular formula is C9H7KN2O2S2. The summed E-state index contributed by atoms with van der Waals surface area (Å²) in [5.41, 5.74) is 1.01. The summed E-state index contributed by atoms with van der Waals surface area (Å²) in [5, 5.41) is 0. The van der Waals surface area contributed by atoms with Crippen LogP contribution in [0.4, 0.5) is 0 Å². The molecule has 2 heterocycles. The van der Waals surface area contributed by atoms with Crippen LogP contribution < -0.4 is 51.4 Å². The summed E-state index contributed by atoms with van der Waals surface area (Å²) in [6.45, 7) is 2.11. The van der Waals surface area contributed by atoms with Crippen molar-refractivity contribution in [1.29, 1.82) is 0 Å². The Hall–Kier alpha value is 0.366. The van der Waals surface area contributed by atoms with Crippen LogP contribution in [0.25, 0.3) is 10.3 Å². The van der Waals surface area contributed by atoms with Crippen molar-refractivity contribution in [3.63, 3.8) is 0 Å². The van der Waals surface area contributed by atoms with Crippen LogP contribution in [-0.2, 0) is 17.4 Å². The molecule has 0 aliphatic rings. The number of rotatable bonds is 2. The van der Waals surface area contributed by atoms with Gasteiger partial charge in [-0.3, -0.25) is 0 Å². The summed E-state index contributed by atoms with van der Waals surface area (Å²) >= 11 is 6.26. The molecule has 2 aromatic rings. The molecule has 0 atom stereocenters. The van der Waals surface area contributed by atoms with Gasteiger partial charge >= 0.3 is 57.4 Å². The van der Waals surface area contributed by atoms with Crippen LogP contribution >= 0.6 is 11.3 Å². The molecule has 4 nitrogen and oxygen atoms in total. The largest absolute Gasteiger partial charge is 1.00 e. The number of ether oxygens (including phenoxy) is 1. The zero-order chi connectivity index (χ0) is 10.8. The molecule has 0 amide bonds. The summed E-state index contributed by atoms with van der Waals surface area (Å²) in [6.07, 6.45) is 1.45. The monoisotopic (exact) mass is 278 g/mol. The standard InChI is InChI=1S/C9H8N2O2S2.K/c1-2-13-8(12)5-3-6-7(10-4-5)11-9(14)15-6;/h3-4H,2H2,1H3,(H,10,11,14);/q;+1/p-1. The Bertz CT molecular complexity index is 515. The number of esters is 1. The molecular weight excluding hydrogens is 271 g/mol. The van der Waals surface area contributed by atoms with Crippen molar-refractivity contribution < 1.29 is 60.9 Å². The Morgan fingerprint density at radius 2 is 2.38 bits per heavy atom. The van der Waals surface area contributed by atoms with E-state index < -0.39 is 0 Å². The van der Waals surface area contributed by atoms with E-state index in [9.17, 15) is 4.79 Å². The van der Waals surface area contributed by atoms with Gasteiger partial charge in [0, 0.05) is 6.20 Å². The van der Waals surface area contributed by atoms with E-state index in [0.717, 1.165) is 4.70 Å². The van der Waals surface area contributed by atoms with Gasteiger partial charge in [0.2, 0.25) is 0 Å². The molecule has 0 radical (unpaired) electrons. The fourth-order valence-corrected chi connectivity index (χ4v) is 2.18. The van der Waals surface area contributed by atoms with E-state index >= 15 is 0 Å². The van der Waals surface area contributed by atoms with Crippen molar-refractivity contribution in [3.05, 3.63) is 17.8 Å².